The molecule has 0 saturated heterocycles. The maximum absolute atomic E-state index is 12.0. The topological polar surface area (TPSA) is 83.5 Å². The molecule has 1 heterocycles. The van der Waals surface area contributed by atoms with E-state index in [9.17, 15) is 13.2 Å². The van der Waals surface area contributed by atoms with Crippen LogP contribution in [0.2, 0.25) is 5.02 Å². The van der Waals surface area contributed by atoms with Crippen LogP contribution in [0.25, 0.3) is 0 Å². The smallest absolute Gasteiger partial charge is 0.345 e. The third-order valence-corrected chi connectivity index (χ3v) is 5.13. The number of aromatic carboxylic acids is 1. The van der Waals surface area contributed by atoms with Gasteiger partial charge in [-0.3, -0.25) is 0 Å². The van der Waals surface area contributed by atoms with Gasteiger partial charge in [-0.15, -0.1) is 11.3 Å². The van der Waals surface area contributed by atoms with Gasteiger partial charge in [-0.2, -0.15) is 0 Å². The average molecular weight is 332 g/mol. The number of sulfonamides is 1. The molecule has 0 aliphatic heterocycles. The summed E-state index contributed by atoms with van der Waals surface area (Å²) in [6, 6.07) is 7.94. The summed E-state index contributed by atoms with van der Waals surface area (Å²) in [7, 11) is -3.73. The molecule has 0 unspecified atom stereocenters. The van der Waals surface area contributed by atoms with E-state index in [-0.39, 0.29) is 16.3 Å². The number of rotatable bonds is 5. The van der Waals surface area contributed by atoms with Crippen LogP contribution in [0.15, 0.2) is 40.6 Å². The molecule has 2 aromatic rings. The summed E-state index contributed by atoms with van der Waals surface area (Å²) in [5.41, 5.74) is 0.717. The summed E-state index contributed by atoms with van der Waals surface area (Å²) in [5.74, 6) is -1.15. The van der Waals surface area contributed by atoms with Gasteiger partial charge in [-0.25, -0.2) is 17.9 Å². The normalized spacial score (nSPS) is 11.4. The van der Waals surface area contributed by atoms with Crippen LogP contribution in [0.3, 0.4) is 0 Å². The number of carboxylic acid groups (broad SMARTS) is 1. The lowest BCUT2D eigenvalue weighted by molar-refractivity contribution is 0.0702. The quantitative estimate of drug-likeness (QED) is 0.882. The Morgan fingerprint density at radius 2 is 2.10 bits per heavy atom. The predicted molar refractivity (Wildman–Crippen MR) is 76.8 cm³/mol. The minimum atomic E-state index is -3.73. The van der Waals surface area contributed by atoms with Crippen molar-refractivity contribution in [3.63, 3.8) is 0 Å². The number of halogens is 1. The molecule has 2 N–H and O–H groups in total. The molecule has 0 amide bonds. The number of hydrogen-bond acceptors (Lipinski definition) is 4. The lowest BCUT2D eigenvalue weighted by atomic mass is 10.2. The van der Waals surface area contributed by atoms with Crippen LogP contribution in [0, 0.1) is 0 Å². The second kappa shape index (κ2) is 5.92. The van der Waals surface area contributed by atoms with Crippen molar-refractivity contribution >= 4 is 38.9 Å². The standard InChI is InChI=1S/C12H10ClNO4S2/c13-9-3-1-2-8(4-9)6-14-20(17,18)10-5-11(12(15)16)19-7-10/h1-5,7,14H,6H2,(H,15,16). The van der Waals surface area contributed by atoms with Crippen molar-refractivity contribution < 1.29 is 18.3 Å². The fraction of sp³-hybridized carbons (Fsp3) is 0.0833. The third-order valence-electron chi connectivity index (χ3n) is 2.45. The van der Waals surface area contributed by atoms with Gasteiger partial charge in [0.2, 0.25) is 10.0 Å². The van der Waals surface area contributed by atoms with Crippen molar-refractivity contribution in [1.29, 1.82) is 0 Å². The zero-order valence-corrected chi connectivity index (χ0v) is 12.4. The first-order valence-corrected chi connectivity index (χ1v) is 8.18. The average Bonchev–Trinajstić information content (AvgIpc) is 2.87. The van der Waals surface area contributed by atoms with Crippen molar-refractivity contribution in [1.82, 2.24) is 4.72 Å². The van der Waals surface area contributed by atoms with E-state index in [0.717, 1.165) is 23.0 Å². The van der Waals surface area contributed by atoms with Crippen molar-refractivity contribution in [2.75, 3.05) is 0 Å². The Morgan fingerprint density at radius 1 is 1.35 bits per heavy atom. The zero-order chi connectivity index (χ0) is 14.8. The first kappa shape index (κ1) is 15.0. The van der Waals surface area contributed by atoms with E-state index in [4.69, 9.17) is 16.7 Å². The zero-order valence-electron chi connectivity index (χ0n) is 10.0. The summed E-state index contributed by atoms with van der Waals surface area (Å²) in [6.07, 6.45) is 0. The number of benzene rings is 1. The molecule has 0 saturated carbocycles. The van der Waals surface area contributed by atoms with Gasteiger partial charge < -0.3 is 5.11 Å². The second-order valence-corrected chi connectivity index (χ2v) is 7.02. The summed E-state index contributed by atoms with van der Waals surface area (Å²) in [6.45, 7) is 0.0845. The largest absolute Gasteiger partial charge is 0.477 e. The van der Waals surface area contributed by atoms with Gasteiger partial charge in [0.05, 0.1) is 4.90 Å². The van der Waals surface area contributed by atoms with Crippen molar-refractivity contribution in [2.24, 2.45) is 0 Å². The van der Waals surface area contributed by atoms with Crippen LogP contribution in [-0.2, 0) is 16.6 Å². The molecule has 8 heteroatoms. The van der Waals surface area contributed by atoms with Crippen LogP contribution in [-0.4, -0.2) is 19.5 Å². The Labute approximate surface area is 124 Å². The molecule has 0 fully saturated rings. The van der Waals surface area contributed by atoms with Gasteiger partial charge >= 0.3 is 5.97 Å². The van der Waals surface area contributed by atoms with Crippen LogP contribution in [0.5, 0.6) is 0 Å². The second-order valence-electron chi connectivity index (χ2n) is 3.91. The molecule has 20 heavy (non-hydrogen) atoms. The molecule has 1 aromatic carbocycles. The van der Waals surface area contributed by atoms with E-state index in [1.807, 2.05) is 0 Å². The molecular formula is C12H10ClNO4S2. The summed E-state index contributed by atoms with van der Waals surface area (Å²) >= 11 is 6.68. The minimum absolute atomic E-state index is 0.0202. The maximum atomic E-state index is 12.0. The molecule has 2 rings (SSSR count). The van der Waals surface area contributed by atoms with Crippen molar-refractivity contribution in [2.45, 2.75) is 11.4 Å². The first-order valence-electron chi connectivity index (χ1n) is 5.44. The van der Waals surface area contributed by atoms with Crippen molar-refractivity contribution in [3.8, 4) is 0 Å². The summed E-state index contributed by atoms with van der Waals surface area (Å²) < 4.78 is 26.4. The van der Waals surface area contributed by atoms with Gasteiger partial charge in [0.15, 0.2) is 0 Å². The lowest BCUT2D eigenvalue weighted by Gasteiger charge is -2.05. The molecule has 1 aromatic heterocycles. The van der Waals surface area contributed by atoms with E-state index >= 15 is 0 Å². The summed E-state index contributed by atoms with van der Waals surface area (Å²) in [4.78, 5) is 10.7. The van der Waals surface area contributed by atoms with Crippen LogP contribution in [0.4, 0.5) is 0 Å². The van der Waals surface area contributed by atoms with Crippen molar-refractivity contribution in [3.05, 3.63) is 51.2 Å². The van der Waals surface area contributed by atoms with E-state index < -0.39 is 16.0 Å². The predicted octanol–water partition coefficient (Wildman–Crippen LogP) is 2.58. The fourth-order valence-corrected chi connectivity index (χ4v) is 3.82. The van der Waals surface area contributed by atoms with Crippen LogP contribution >= 0.6 is 22.9 Å². The maximum Gasteiger partial charge on any atom is 0.345 e. The van der Waals surface area contributed by atoms with Gasteiger partial charge in [0, 0.05) is 16.9 Å². The summed E-state index contributed by atoms with van der Waals surface area (Å²) in [5, 5.41) is 10.6. The van der Waals surface area contributed by atoms with Crippen LogP contribution in [0.1, 0.15) is 15.2 Å². The highest BCUT2D eigenvalue weighted by Gasteiger charge is 2.18. The Hall–Kier alpha value is -1.41. The highest BCUT2D eigenvalue weighted by Crippen LogP contribution is 2.19. The number of thiophene rings is 1. The molecule has 0 aliphatic rings. The highest BCUT2D eigenvalue weighted by atomic mass is 35.5. The number of nitrogens with one attached hydrogen (secondary N) is 1. The van der Waals surface area contributed by atoms with Gasteiger partial charge in [-0.05, 0) is 23.8 Å². The monoisotopic (exact) mass is 331 g/mol. The first-order chi connectivity index (χ1) is 9.38. The van der Waals surface area contributed by atoms with Gasteiger partial charge in [0.25, 0.3) is 0 Å². The molecule has 5 nitrogen and oxygen atoms in total. The van der Waals surface area contributed by atoms with Gasteiger partial charge in [-0.1, -0.05) is 23.7 Å². The lowest BCUT2D eigenvalue weighted by Crippen LogP contribution is -2.22. The Kier molecular flexibility index (Phi) is 4.44. The number of carboxylic acids is 1. The Morgan fingerprint density at radius 3 is 2.70 bits per heavy atom. The van der Waals surface area contributed by atoms with E-state index in [1.54, 1.807) is 24.3 Å². The third kappa shape index (κ3) is 3.57. The van der Waals surface area contributed by atoms with Gasteiger partial charge in [0.1, 0.15) is 4.88 Å². The Balaban J connectivity index is 2.12. The number of hydrogen-bond donors (Lipinski definition) is 2. The van der Waals surface area contributed by atoms with Crippen LogP contribution < -0.4 is 4.72 Å². The number of carbonyl (C=O) groups is 1. The molecule has 0 spiro atoms. The van der Waals surface area contributed by atoms with E-state index in [2.05, 4.69) is 4.72 Å². The SMILES string of the molecule is O=C(O)c1cc(S(=O)(=O)NCc2cccc(Cl)c2)cs1. The Bertz CT molecular complexity index is 739. The molecule has 0 radical (unpaired) electrons. The minimum Gasteiger partial charge on any atom is -0.477 e. The van der Waals surface area contributed by atoms with E-state index in [1.165, 1.54) is 5.38 Å². The molecule has 0 atom stereocenters. The fourth-order valence-electron chi connectivity index (χ4n) is 1.48. The molecular weight excluding hydrogens is 322 g/mol. The highest BCUT2D eigenvalue weighted by molar-refractivity contribution is 7.89. The molecule has 106 valence electrons. The molecule has 0 bridgehead atoms. The molecule has 0 aliphatic carbocycles. The van der Waals surface area contributed by atoms with E-state index in [0.29, 0.717) is 5.02 Å².